The highest BCUT2D eigenvalue weighted by Gasteiger charge is 2.23. The first kappa shape index (κ1) is 16.7. The summed E-state index contributed by atoms with van der Waals surface area (Å²) in [6.07, 6.45) is 12.1. The summed E-state index contributed by atoms with van der Waals surface area (Å²) in [6.45, 7) is 12.2. The summed E-state index contributed by atoms with van der Waals surface area (Å²) in [5, 5.41) is 0. The van der Waals surface area contributed by atoms with Crippen molar-refractivity contribution in [2.75, 3.05) is 26.2 Å². The van der Waals surface area contributed by atoms with E-state index < -0.39 is 0 Å². The van der Waals surface area contributed by atoms with Crippen LogP contribution in [0, 0.1) is 5.92 Å². The Morgan fingerprint density at radius 1 is 1.11 bits per heavy atom. The zero-order chi connectivity index (χ0) is 13.9. The Balaban J connectivity index is 0.000000861. The van der Waals surface area contributed by atoms with E-state index in [-0.39, 0.29) is 0 Å². The third-order valence-electron chi connectivity index (χ3n) is 4.15. The molecule has 0 aromatic rings. The summed E-state index contributed by atoms with van der Waals surface area (Å²) < 4.78 is 5.79. The van der Waals surface area contributed by atoms with Gasteiger partial charge in [0.2, 0.25) is 0 Å². The third-order valence-corrected chi connectivity index (χ3v) is 4.15. The van der Waals surface area contributed by atoms with E-state index in [1.54, 1.807) is 0 Å². The van der Waals surface area contributed by atoms with Crippen molar-refractivity contribution >= 4 is 0 Å². The van der Waals surface area contributed by atoms with E-state index in [4.69, 9.17) is 4.74 Å². The predicted molar refractivity (Wildman–Crippen MR) is 83.5 cm³/mol. The minimum absolute atomic E-state index is 0.449. The maximum absolute atomic E-state index is 5.79. The second-order valence-electron chi connectivity index (χ2n) is 5.65. The Labute approximate surface area is 120 Å². The fourth-order valence-corrected chi connectivity index (χ4v) is 3.25. The van der Waals surface area contributed by atoms with Crippen LogP contribution in [0.4, 0.5) is 0 Å². The highest BCUT2D eigenvalue weighted by molar-refractivity contribution is 4.78. The Morgan fingerprint density at radius 3 is 2.53 bits per heavy atom. The summed E-state index contributed by atoms with van der Waals surface area (Å²) in [4.78, 5) is 2.63. The van der Waals surface area contributed by atoms with E-state index in [2.05, 4.69) is 11.5 Å². The van der Waals surface area contributed by atoms with Crippen LogP contribution >= 0.6 is 0 Å². The molecule has 1 unspecified atom stereocenters. The Morgan fingerprint density at radius 2 is 1.84 bits per heavy atom. The van der Waals surface area contributed by atoms with Crippen LogP contribution in [0.5, 0.6) is 0 Å². The molecule has 1 saturated heterocycles. The number of nitrogens with zero attached hydrogens (tertiary/aromatic N) is 1. The Bertz CT molecular complexity index is 223. The maximum atomic E-state index is 5.79. The lowest BCUT2D eigenvalue weighted by atomic mass is 9.88. The van der Waals surface area contributed by atoms with Gasteiger partial charge in [0.1, 0.15) is 0 Å². The van der Waals surface area contributed by atoms with Gasteiger partial charge in [0.25, 0.3) is 0 Å². The topological polar surface area (TPSA) is 12.5 Å². The number of ether oxygens (including phenoxy) is 1. The number of piperidine rings is 1. The lowest BCUT2D eigenvalue weighted by molar-refractivity contribution is 0.00722. The maximum Gasteiger partial charge on any atom is 0.0706 e. The standard InChI is InChI=1S/C15H27NO.C2H6/c1-2-11-17-15-9-6-10-16(13-15)12-14-7-4-3-5-8-14;1-2/h2,14-15H,1,3-13H2;1-2H3. The number of hydrogen-bond donors (Lipinski definition) is 0. The average molecular weight is 267 g/mol. The number of rotatable bonds is 5. The predicted octanol–water partition coefficient (Wildman–Crippen LogP) is 4.26. The van der Waals surface area contributed by atoms with Gasteiger partial charge in [-0.15, -0.1) is 6.58 Å². The molecule has 1 saturated carbocycles. The smallest absolute Gasteiger partial charge is 0.0706 e. The molecule has 0 radical (unpaired) electrons. The molecule has 0 aromatic heterocycles. The van der Waals surface area contributed by atoms with Crippen LogP contribution in [0.3, 0.4) is 0 Å². The summed E-state index contributed by atoms with van der Waals surface area (Å²) in [5.74, 6) is 0.960. The fraction of sp³-hybridized carbons (Fsp3) is 0.882. The van der Waals surface area contributed by atoms with Crippen molar-refractivity contribution in [3.63, 3.8) is 0 Å². The van der Waals surface area contributed by atoms with Gasteiger partial charge in [-0.2, -0.15) is 0 Å². The molecule has 112 valence electrons. The molecule has 2 heteroatoms. The molecule has 1 heterocycles. The van der Waals surface area contributed by atoms with E-state index in [1.807, 2.05) is 19.9 Å². The van der Waals surface area contributed by atoms with Crippen molar-refractivity contribution in [1.82, 2.24) is 4.90 Å². The minimum Gasteiger partial charge on any atom is -0.373 e. The molecule has 1 aliphatic carbocycles. The monoisotopic (exact) mass is 267 g/mol. The first-order valence-corrected chi connectivity index (χ1v) is 8.33. The van der Waals surface area contributed by atoms with E-state index in [0.29, 0.717) is 12.7 Å². The normalized spacial score (nSPS) is 25.5. The zero-order valence-corrected chi connectivity index (χ0v) is 13.1. The summed E-state index contributed by atoms with van der Waals surface area (Å²) in [7, 11) is 0. The minimum atomic E-state index is 0.449. The van der Waals surface area contributed by atoms with Gasteiger partial charge in [0.05, 0.1) is 12.7 Å². The molecule has 2 rings (SSSR count). The van der Waals surface area contributed by atoms with Gasteiger partial charge in [-0.1, -0.05) is 39.2 Å². The molecule has 0 bridgehead atoms. The number of likely N-dealkylation sites (tertiary alicyclic amines) is 1. The van der Waals surface area contributed by atoms with Gasteiger partial charge in [-0.25, -0.2) is 0 Å². The first-order valence-electron chi connectivity index (χ1n) is 8.33. The second kappa shape index (κ2) is 10.4. The molecular formula is C17H33NO. The summed E-state index contributed by atoms with van der Waals surface area (Å²) in [5.41, 5.74) is 0. The van der Waals surface area contributed by atoms with E-state index in [1.165, 1.54) is 58.0 Å². The summed E-state index contributed by atoms with van der Waals surface area (Å²) >= 11 is 0. The molecule has 1 atom stereocenters. The van der Waals surface area contributed by atoms with E-state index in [9.17, 15) is 0 Å². The van der Waals surface area contributed by atoms with Gasteiger partial charge in [0, 0.05) is 13.1 Å². The third kappa shape index (κ3) is 6.58. The van der Waals surface area contributed by atoms with Gasteiger partial charge in [0.15, 0.2) is 0 Å². The molecular weight excluding hydrogens is 234 g/mol. The lowest BCUT2D eigenvalue weighted by Crippen LogP contribution is -2.42. The highest BCUT2D eigenvalue weighted by Crippen LogP contribution is 2.25. The van der Waals surface area contributed by atoms with Crippen molar-refractivity contribution in [3.05, 3.63) is 12.7 Å². The van der Waals surface area contributed by atoms with Crippen LogP contribution in [0.15, 0.2) is 12.7 Å². The van der Waals surface area contributed by atoms with Gasteiger partial charge >= 0.3 is 0 Å². The molecule has 2 aliphatic rings. The van der Waals surface area contributed by atoms with Crippen molar-refractivity contribution in [2.45, 2.75) is 64.9 Å². The Kier molecular flexibility index (Phi) is 9.19. The van der Waals surface area contributed by atoms with Crippen LogP contribution in [0.1, 0.15) is 58.8 Å². The summed E-state index contributed by atoms with van der Waals surface area (Å²) in [6, 6.07) is 0. The molecule has 2 fully saturated rings. The SMILES string of the molecule is C=CCOC1CCCN(CC2CCCCC2)C1.CC. The molecule has 19 heavy (non-hydrogen) atoms. The molecule has 0 spiro atoms. The van der Waals surface area contributed by atoms with Crippen LogP contribution in [0.2, 0.25) is 0 Å². The molecule has 0 aromatic carbocycles. The largest absolute Gasteiger partial charge is 0.373 e. The van der Waals surface area contributed by atoms with Gasteiger partial charge in [-0.05, 0) is 38.1 Å². The lowest BCUT2D eigenvalue weighted by Gasteiger charge is -2.35. The van der Waals surface area contributed by atoms with Crippen molar-refractivity contribution < 1.29 is 4.74 Å². The average Bonchev–Trinajstić information content (AvgIpc) is 2.49. The molecule has 1 aliphatic heterocycles. The first-order chi connectivity index (χ1) is 9.38. The van der Waals surface area contributed by atoms with E-state index in [0.717, 1.165) is 12.5 Å². The highest BCUT2D eigenvalue weighted by atomic mass is 16.5. The van der Waals surface area contributed by atoms with E-state index >= 15 is 0 Å². The molecule has 0 N–H and O–H groups in total. The van der Waals surface area contributed by atoms with Crippen molar-refractivity contribution in [2.24, 2.45) is 5.92 Å². The van der Waals surface area contributed by atoms with Gasteiger partial charge in [-0.3, -0.25) is 0 Å². The van der Waals surface area contributed by atoms with Gasteiger partial charge < -0.3 is 9.64 Å². The van der Waals surface area contributed by atoms with Crippen molar-refractivity contribution in [1.29, 1.82) is 0 Å². The van der Waals surface area contributed by atoms with Crippen molar-refractivity contribution in [3.8, 4) is 0 Å². The van der Waals surface area contributed by atoms with Crippen LogP contribution in [0.25, 0.3) is 0 Å². The zero-order valence-electron chi connectivity index (χ0n) is 13.1. The fourth-order valence-electron chi connectivity index (χ4n) is 3.25. The van der Waals surface area contributed by atoms with Crippen LogP contribution in [-0.2, 0) is 4.74 Å². The Hall–Kier alpha value is -0.340. The van der Waals surface area contributed by atoms with Crippen LogP contribution in [-0.4, -0.2) is 37.2 Å². The van der Waals surface area contributed by atoms with Crippen LogP contribution < -0.4 is 0 Å². The molecule has 2 nitrogen and oxygen atoms in total. The second-order valence-corrected chi connectivity index (χ2v) is 5.65. The number of hydrogen-bond acceptors (Lipinski definition) is 2. The molecule has 0 amide bonds. The quantitative estimate of drug-likeness (QED) is 0.690.